The molecule has 98 valence electrons. The molecule has 0 heterocycles. The lowest BCUT2D eigenvalue weighted by atomic mass is 10.1. The molecule has 2 aromatic carbocycles. The third-order valence-electron chi connectivity index (χ3n) is 2.69. The number of aryl methyl sites for hydroxylation is 1. The van der Waals surface area contributed by atoms with Crippen molar-refractivity contribution < 1.29 is 9.18 Å². The lowest BCUT2D eigenvalue weighted by molar-refractivity contribution is -0.115. The number of rotatable bonds is 3. The first-order chi connectivity index (χ1) is 9.04. The van der Waals surface area contributed by atoms with Gasteiger partial charge in [0.1, 0.15) is 5.82 Å². The van der Waals surface area contributed by atoms with Crippen LogP contribution in [0.5, 0.6) is 0 Å². The van der Waals surface area contributed by atoms with Crippen molar-refractivity contribution in [2.75, 3.05) is 5.32 Å². The van der Waals surface area contributed by atoms with E-state index in [1.54, 1.807) is 0 Å². The molecule has 2 nitrogen and oxygen atoms in total. The zero-order chi connectivity index (χ0) is 13.8. The van der Waals surface area contributed by atoms with E-state index in [4.69, 9.17) is 11.6 Å². The first-order valence-corrected chi connectivity index (χ1v) is 6.23. The van der Waals surface area contributed by atoms with Gasteiger partial charge in [0.2, 0.25) is 5.91 Å². The molecule has 0 aliphatic heterocycles. The standard InChI is InChI=1S/C15H13ClFNO/c1-10-2-4-11(5-3-10)8-15(19)18-14-7-6-12(16)9-13(14)17/h2-7,9H,8H2,1H3,(H,18,19). The third kappa shape index (κ3) is 3.80. The molecule has 0 saturated carbocycles. The smallest absolute Gasteiger partial charge is 0.228 e. The second kappa shape index (κ2) is 5.85. The lowest BCUT2D eigenvalue weighted by Crippen LogP contribution is -2.15. The topological polar surface area (TPSA) is 29.1 Å². The quantitative estimate of drug-likeness (QED) is 0.904. The van der Waals surface area contributed by atoms with Crippen molar-refractivity contribution in [3.8, 4) is 0 Å². The number of nitrogens with one attached hydrogen (secondary N) is 1. The molecule has 0 aliphatic carbocycles. The SMILES string of the molecule is Cc1ccc(CC(=O)Nc2ccc(Cl)cc2F)cc1. The Balaban J connectivity index is 2.03. The van der Waals surface area contributed by atoms with Crippen molar-refractivity contribution in [3.63, 3.8) is 0 Å². The highest BCUT2D eigenvalue weighted by molar-refractivity contribution is 6.30. The molecule has 4 heteroatoms. The highest BCUT2D eigenvalue weighted by Gasteiger charge is 2.08. The second-order valence-corrected chi connectivity index (χ2v) is 4.77. The van der Waals surface area contributed by atoms with Crippen molar-refractivity contribution in [1.29, 1.82) is 0 Å². The van der Waals surface area contributed by atoms with Gasteiger partial charge >= 0.3 is 0 Å². The van der Waals surface area contributed by atoms with Crippen LogP contribution < -0.4 is 5.32 Å². The van der Waals surface area contributed by atoms with E-state index in [0.29, 0.717) is 5.02 Å². The van der Waals surface area contributed by atoms with E-state index in [0.717, 1.165) is 11.1 Å². The maximum Gasteiger partial charge on any atom is 0.228 e. The van der Waals surface area contributed by atoms with Gasteiger partial charge in [-0.25, -0.2) is 4.39 Å². The van der Waals surface area contributed by atoms with E-state index in [1.165, 1.54) is 18.2 Å². The minimum Gasteiger partial charge on any atom is -0.323 e. The zero-order valence-corrected chi connectivity index (χ0v) is 11.2. The van der Waals surface area contributed by atoms with Crippen LogP contribution in [0.1, 0.15) is 11.1 Å². The molecule has 1 amide bonds. The molecule has 0 spiro atoms. The Labute approximate surface area is 116 Å². The molecule has 0 aliphatic rings. The van der Waals surface area contributed by atoms with Gasteiger partial charge in [-0.1, -0.05) is 41.4 Å². The van der Waals surface area contributed by atoms with Gasteiger partial charge in [0.25, 0.3) is 0 Å². The van der Waals surface area contributed by atoms with Crippen LogP contribution in [0, 0.1) is 12.7 Å². The summed E-state index contributed by atoms with van der Waals surface area (Å²) in [4.78, 5) is 11.8. The summed E-state index contributed by atoms with van der Waals surface area (Å²) in [7, 11) is 0. The molecule has 2 rings (SSSR count). The predicted octanol–water partition coefficient (Wildman–Crippen LogP) is 3.97. The number of carbonyl (C=O) groups is 1. The molecular formula is C15H13ClFNO. The van der Waals surface area contributed by atoms with E-state index in [9.17, 15) is 9.18 Å². The molecule has 2 aromatic rings. The Kier molecular flexibility index (Phi) is 4.17. The maximum absolute atomic E-state index is 13.5. The minimum atomic E-state index is -0.537. The van der Waals surface area contributed by atoms with Crippen LogP contribution in [0.15, 0.2) is 42.5 Å². The second-order valence-electron chi connectivity index (χ2n) is 4.33. The predicted molar refractivity (Wildman–Crippen MR) is 74.9 cm³/mol. The van der Waals surface area contributed by atoms with Gasteiger partial charge in [-0.2, -0.15) is 0 Å². The Morgan fingerprint density at radius 2 is 1.89 bits per heavy atom. The fraction of sp³-hybridized carbons (Fsp3) is 0.133. The summed E-state index contributed by atoms with van der Waals surface area (Å²) in [6.07, 6.45) is 0.211. The first-order valence-electron chi connectivity index (χ1n) is 5.85. The third-order valence-corrected chi connectivity index (χ3v) is 2.93. The van der Waals surface area contributed by atoms with Crippen LogP contribution in [0.4, 0.5) is 10.1 Å². The molecule has 0 aromatic heterocycles. The van der Waals surface area contributed by atoms with Crippen LogP contribution in [0.3, 0.4) is 0 Å². The zero-order valence-electron chi connectivity index (χ0n) is 10.4. The number of benzene rings is 2. The number of hydrogen-bond donors (Lipinski definition) is 1. The number of halogens is 2. The fourth-order valence-electron chi connectivity index (χ4n) is 1.68. The van der Waals surface area contributed by atoms with E-state index in [1.807, 2.05) is 31.2 Å². The van der Waals surface area contributed by atoms with Crippen LogP contribution >= 0.6 is 11.6 Å². The molecular weight excluding hydrogens is 265 g/mol. The summed E-state index contributed by atoms with van der Waals surface area (Å²) in [5, 5.41) is 2.83. The number of hydrogen-bond acceptors (Lipinski definition) is 1. The molecule has 0 bridgehead atoms. The first kappa shape index (κ1) is 13.6. The number of anilines is 1. The number of carbonyl (C=O) groups excluding carboxylic acids is 1. The van der Waals surface area contributed by atoms with Crippen LogP contribution in [0.2, 0.25) is 5.02 Å². The van der Waals surface area contributed by atoms with Gasteiger partial charge in [0, 0.05) is 5.02 Å². The van der Waals surface area contributed by atoms with Gasteiger partial charge in [-0.3, -0.25) is 4.79 Å². The molecule has 0 fully saturated rings. The van der Waals surface area contributed by atoms with Crippen molar-refractivity contribution in [1.82, 2.24) is 0 Å². The fourth-order valence-corrected chi connectivity index (χ4v) is 1.84. The number of amides is 1. The van der Waals surface area contributed by atoms with Gasteiger partial charge in [-0.05, 0) is 30.7 Å². The summed E-state index contributed by atoms with van der Waals surface area (Å²) in [6, 6.07) is 11.8. The van der Waals surface area contributed by atoms with E-state index in [2.05, 4.69) is 5.32 Å². The van der Waals surface area contributed by atoms with Crippen LogP contribution in [-0.2, 0) is 11.2 Å². The Bertz CT molecular complexity index is 596. The Hall–Kier alpha value is -1.87. The van der Waals surface area contributed by atoms with E-state index < -0.39 is 5.82 Å². The Morgan fingerprint density at radius 3 is 2.53 bits per heavy atom. The molecule has 0 unspecified atom stereocenters. The van der Waals surface area contributed by atoms with Crippen LogP contribution in [-0.4, -0.2) is 5.91 Å². The normalized spacial score (nSPS) is 10.3. The molecule has 19 heavy (non-hydrogen) atoms. The molecule has 0 saturated heterocycles. The summed E-state index contributed by atoms with van der Waals surface area (Å²) in [6.45, 7) is 1.98. The summed E-state index contributed by atoms with van der Waals surface area (Å²) < 4.78 is 13.5. The van der Waals surface area contributed by atoms with Gasteiger partial charge in [-0.15, -0.1) is 0 Å². The van der Waals surface area contributed by atoms with Crippen molar-refractivity contribution >= 4 is 23.2 Å². The van der Waals surface area contributed by atoms with Crippen molar-refractivity contribution in [2.24, 2.45) is 0 Å². The minimum absolute atomic E-state index is 0.140. The van der Waals surface area contributed by atoms with E-state index >= 15 is 0 Å². The molecule has 1 N–H and O–H groups in total. The largest absolute Gasteiger partial charge is 0.323 e. The molecule has 0 radical (unpaired) electrons. The maximum atomic E-state index is 13.5. The highest BCUT2D eigenvalue weighted by Crippen LogP contribution is 2.19. The summed E-state index contributed by atoms with van der Waals surface area (Å²) in [5.74, 6) is -0.796. The van der Waals surface area contributed by atoms with E-state index in [-0.39, 0.29) is 18.0 Å². The van der Waals surface area contributed by atoms with Crippen molar-refractivity contribution in [3.05, 3.63) is 64.4 Å². The monoisotopic (exact) mass is 277 g/mol. The summed E-state index contributed by atoms with van der Waals surface area (Å²) >= 11 is 5.65. The summed E-state index contributed by atoms with van der Waals surface area (Å²) in [5.41, 5.74) is 2.16. The highest BCUT2D eigenvalue weighted by atomic mass is 35.5. The van der Waals surface area contributed by atoms with Crippen LogP contribution in [0.25, 0.3) is 0 Å². The molecule has 0 atom stereocenters. The van der Waals surface area contributed by atoms with Gasteiger partial charge in [0.05, 0.1) is 12.1 Å². The van der Waals surface area contributed by atoms with Crippen molar-refractivity contribution in [2.45, 2.75) is 13.3 Å². The van der Waals surface area contributed by atoms with Gasteiger partial charge < -0.3 is 5.32 Å². The lowest BCUT2D eigenvalue weighted by Gasteiger charge is -2.07. The Morgan fingerprint density at radius 1 is 1.21 bits per heavy atom. The van der Waals surface area contributed by atoms with Gasteiger partial charge in [0.15, 0.2) is 0 Å². The average molecular weight is 278 g/mol. The average Bonchev–Trinajstić information content (AvgIpc) is 2.36.